The third-order valence-corrected chi connectivity index (χ3v) is 6.90. The van der Waals surface area contributed by atoms with Gasteiger partial charge in [0.2, 0.25) is 11.9 Å². The lowest BCUT2D eigenvalue weighted by Gasteiger charge is -2.28. The minimum atomic E-state index is -2.81. The zero-order valence-corrected chi connectivity index (χ0v) is 20.6. The van der Waals surface area contributed by atoms with Gasteiger partial charge in [-0.3, -0.25) is 9.36 Å². The number of morpholine rings is 1. The molecule has 0 bridgehead atoms. The van der Waals surface area contributed by atoms with Gasteiger partial charge in [0.25, 0.3) is 6.43 Å². The molecule has 2 saturated heterocycles. The summed E-state index contributed by atoms with van der Waals surface area (Å²) in [6, 6.07) is 16.2. The van der Waals surface area contributed by atoms with Gasteiger partial charge in [-0.1, -0.05) is 24.3 Å². The van der Waals surface area contributed by atoms with E-state index in [1.54, 1.807) is 24.3 Å². The van der Waals surface area contributed by atoms with Gasteiger partial charge in [-0.25, -0.2) is 18.7 Å². The molecule has 2 aliphatic rings. The van der Waals surface area contributed by atoms with Crippen LogP contribution in [0.5, 0.6) is 0 Å². The number of alkyl halides is 2. The van der Waals surface area contributed by atoms with E-state index in [2.05, 4.69) is 20.5 Å². The summed E-state index contributed by atoms with van der Waals surface area (Å²) in [7, 11) is 0. The maximum Gasteiger partial charge on any atom is 0.296 e. The lowest BCUT2D eigenvalue weighted by molar-refractivity contribution is -0.119. The van der Waals surface area contributed by atoms with E-state index in [9.17, 15) is 13.6 Å². The van der Waals surface area contributed by atoms with Crippen LogP contribution in [0, 0.1) is 5.92 Å². The number of imidazole rings is 1. The average Bonchev–Trinajstić information content (AvgIpc) is 3.63. The summed E-state index contributed by atoms with van der Waals surface area (Å²) in [6.45, 7) is 3.89. The van der Waals surface area contributed by atoms with E-state index in [-0.39, 0.29) is 17.8 Å². The first kappa shape index (κ1) is 24.4. The first-order valence-electron chi connectivity index (χ1n) is 12.7. The summed E-state index contributed by atoms with van der Waals surface area (Å²) in [5.41, 5.74) is 2.99. The van der Waals surface area contributed by atoms with Crippen LogP contribution in [0.3, 0.4) is 0 Å². The number of ether oxygens (including phenoxy) is 1. The van der Waals surface area contributed by atoms with Gasteiger partial charge < -0.3 is 20.3 Å². The van der Waals surface area contributed by atoms with E-state index in [1.165, 1.54) is 4.57 Å². The van der Waals surface area contributed by atoms with E-state index in [0.29, 0.717) is 61.1 Å². The second-order valence-electron chi connectivity index (χ2n) is 9.36. The van der Waals surface area contributed by atoms with Crippen molar-refractivity contribution in [2.75, 3.05) is 49.6 Å². The molecule has 0 saturated carbocycles. The Balaban J connectivity index is 1.40. The highest BCUT2D eigenvalue weighted by Gasteiger charge is 2.25. The molecule has 2 N–H and O–H groups in total. The summed E-state index contributed by atoms with van der Waals surface area (Å²) in [5.74, 6) is 0.296. The molecule has 1 amide bonds. The van der Waals surface area contributed by atoms with Crippen LogP contribution in [0.1, 0.15) is 18.7 Å². The number of halogens is 2. The van der Waals surface area contributed by atoms with Crippen LogP contribution < -0.4 is 15.5 Å². The van der Waals surface area contributed by atoms with Crippen LogP contribution in [0.4, 0.5) is 20.3 Å². The molecule has 4 heterocycles. The minimum Gasteiger partial charge on any atom is -0.378 e. The molecular weight excluding hydrogens is 492 g/mol. The normalized spacial score (nSPS) is 17.9. The van der Waals surface area contributed by atoms with Gasteiger partial charge in [0.15, 0.2) is 5.82 Å². The van der Waals surface area contributed by atoms with Gasteiger partial charge in [0, 0.05) is 37.0 Å². The summed E-state index contributed by atoms with van der Waals surface area (Å²) >= 11 is 0. The van der Waals surface area contributed by atoms with Crippen LogP contribution in [0.15, 0.2) is 54.6 Å². The smallest absolute Gasteiger partial charge is 0.296 e. The summed E-state index contributed by atoms with van der Waals surface area (Å²) in [4.78, 5) is 28.1. The molecule has 38 heavy (non-hydrogen) atoms. The largest absolute Gasteiger partial charge is 0.378 e. The first-order chi connectivity index (χ1) is 18.6. The second-order valence-corrected chi connectivity index (χ2v) is 9.36. The molecule has 2 fully saturated rings. The molecule has 0 aliphatic carbocycles. The van der Waals surface area contributed by atoms with Crippen molar-refractivity contribution in [2.24, 2.45) is 5.92 Å². The average molecular weight is 520 g/mol. The Labute approximate surface area is 217 Å². The number of nitrogens with one attached hydrogen (secondary N) is 2. The SMILES string of the molecule is O=C(Nc1ccc(-c2cc(N3CCOCC3)nc(-n3c(C(F)F)nc4ccccc43)n2)cc1)C1CCNC1. The number of aromatic nitrogens is 4. The Morgan fingerprint density at radius 2 is 1.84 bits per heavy atom. The van der Waals surface area contributed by atoms with Gasteiger partial charge in [0.1, 0.15) is 5.82 Å². The van der Waals surface area contributed by atoms with Crippen molar-refractivity contribution in [3.8, 4) is 17.2 Å². The summed E-state index contributed by atoms with van der Waals surface area (Å²) < 4.78 is 35.0. The molecule has 1 unspecified atom stereocenters. The van der Waals surface area contributed by atoms with E-state index in [0.717, 1.165) is 18.5 Å². The van der Waals surface area contributed by atoms with Crippen LogP contribution >= 0.6 is 0 Å². The fourth-order valence-electron chi connectivity index (χ4n) is 4.87. The molecule has 0 radical (unpaired) electrons. The molecule has 11 heteroatoms. The molecule has 4 aromatic rings. The number of hydrogen-bond donors (Lipinski definition) is 2. The van der Waals surface area contributed by atoms with Crippen molar-refractivity contribution in [3.05, 3.63) is 60.4 Å². The van der Waals surface area contributed by atoms with Gasteiger partial charge >= 0.3 is 0 Å². The van der Waals surface area contributed by atoms with Gasteiger partial charge in [-0.15, -0.1) is 0 Å². The van der Waals surface area contributed by atoms with Gasteiger partial charge in [-0.05, 0) is 37.2 Å². The third-order valence-electron chi connectivity index (χ3n) is 6.90. The van der Waals surface area contributed by atoms with Crippen LogP contribution in [0.2, 0.25) is 0 Å². The number of benzene rings is 2. The molecule has 0 spiro atoms. The monoisotopic (exact) mass is 519 g/mol. The molecule has 2 aromatic carbocycles. The number of para-hydroxylation sites is 2. The van der Waals surface area contributed by atoms with E-state index < -0.39 is 12.2 Å². The number of fused-ring (bicyclic) bond motifs is 1. The molecule has 9 nitrogen and oxygen atoms in total. The Kier molecular flexibility index (Phi) is 6.69. The molecule has 2 aromatic heterocycles. The zero-order valence-electron chi connectivity index (χ0n) is 20.6. The van der Waals surface area contributed by atoms with Crippen molar-refractivity contribution in [2.45, 2.75) is 12.8 Å². The summed E-state index contributed by atoms with van der Waals surface area (Å²) in [5, 5.41) is 6.17. The molecule has 196 valence electrons. The van der Waals surface area contributed by atoms with Gasteiger partial charge in [-0.2, -0.15) is 4.98 Å². The Morgan fingerprint density at radius 1 is 1.05 bits per heavy atom. The van der Waals surface area contributed by atoms with Gasteiger partial charge in [0.05, 0.1) is 35.9 Å². The Bertz CT molecular complexity index is 1450. The molecule has 1 atom stereocenters. The summed E-state index contributed by atoms with van der Waals surface area (Å²) in [6.07, 6.45) is -1.99. The predicted octanol–water partition coefficient (Wildman–Crippen LogP) is 3.80. The van der Waals surface area contributed by atoms with E-state index >= 15 is 0 Å². The van der Waals surface area contributed by atoms with E-state index in [4.69, 9.17) is 14.7 Å². The number of rotatable bonds is 6. The van der Waals surface area contributed by atoms with Crippen molar-refractivity contribution < 1.29 is 18.3 Å². The maximum atomic E-state index is 14.1. The van der Waals surface area contributed by atoms with Crippen molar-refractivity contribution in [1.29, 1.82) is 0 Å². The van der Waals surface area contributed by atoms with Crippen molar-refractivity contribution in [3.63, 3.8) is 0 Å². The Hall–Kier alpha value is -3.96. The highest BCUT2D eigenvalue weighted by molar-refractivity contribution is 5.93. The number of carbonyl (C=O) groups excluding carboxylic acids is 1. The Morgan fingerprint density at radius 3 is 2.58 bits per heavy atom. The standard InChI is InChI=1S/C27H27F2N7O2/c28-24(29)25-32-20-3-1-2-4-22(20)36(25)27-33-21(15-23(34-27)35-11-13-38-14-12-35)17-5-7-19(8-6-17)31-26(37)18-9-10-30-16-18/h1-8,15,18,24,30H,9-14,16H2,(H,31,37). The highest BCUT2D eigenvalue weighted by atomic mass is 19.3. The highest BCUT2D eigenvalue weighted by Crippen LogP contribution is 2.30. The fraction of sp³-hybridized carbons (Fsp3) is 0.333. The third kappa shape index (κ3) is 4.82. The molecule has 2 aliphatic heterocycles. The number of anilines is 2. The second kappa shape index (κ2) is 10.4. The van der Waals surface area contributed by atoms with Crippen molar-refractivity contribution in [1.82, 2.24) is 24.8 Å². The van der Waals surface area contributed by atoms with E-state index in [1.807, 2.05) is 30.3 Å². The zero-order chi connectivity index (χ0) is 26.1. The van der Waals surface area contributed by atoms with Crippen molar-refractivity contribution >= 4 is 28.4 Å². The number of nitrogens with zero attached hydrogens (tertiary/aromatic N) is 5. The lowest BCUT2D eigenvalue weighted by Crippen LogP contribution is -2.37. The topological polar surface area (TPSA) is 97.2 Å². The number of amides is 1. The van der Waals surface area contributed by atoms with Crippen LogP contribution in [0.25, 0.3) is 28.2 Å². The fourth-order valence-corrected chi connectivity index (χ4v) is 4.87. The maximum absolute atomic E-state index is 14.1. The number of hydrogen-bond acceptors (Lipinski definition) is 7. The van der Waals surface area contributed by atoms with Crippen LogP contribution in [-0.2, 0) is 9.53 Å². The lowest BCUT2D eigenvalue weighted by atomic mass is 10.1. The molecule has 6 rings (SSSR count). The quantitative estimate of drug-likeness (QED) is 0.400. The minimum absolute atomic E-state index is 0.00631. The predicted molar refractivity (Wildman–Crippen MR) is 140 cm³/mol. The molecular formula is C27H27F2N7O2. The first-order valence-corrected chi connectivity index (χ1v) is 12.7. The van der Waals surface area contributed by atoms with Crippen LogP contribution in [-0.4, -0.2) is 64.8 Å². The number of carbonyl (C=O) groups is 1.